The minimum Gasteiger partial charge on any atom is -0.497 e. The average molecular weight is 318 g/mol. The number of methoxy groups -OCH3 is 1. The minimum atomic E-state index is -0.241. The second kappa shape index (κ2) is 7.09. The van der Waals surface area contributed by atoms with E-state index in [0.717, 1.165) is 11.3 Å². The molecule has 5 nitrogen and oxygen atoms in total. The standard InChI is InChI=1S/C16H18N2O3S/c1-11-8-9-22-15(11)16(20)18(2)10-14(19)17-12-4-6-13(21-3)7-5-12/h4-9H,10H2,1-3H3,(H,17,19). The Kier molecular flexibility index (Phi) is 5.16. The highest BCUT2D eigenvalue weighted by Gasteiger charge is 2.17. The van der Waals surface area contributed by atoms with E-state index in [9.17, 15) is 9.59 Å². The molecule has 0 saturated heterocycles. The number of carbonyl (C=O) groups excluding carboxylic acids is 2. The van der Waals surface area contributed by atoms with Crippen molar-refractivity contribution < 1.29 is 14.3 Å². The normalized spacial score (nSPS) is 10.1. The summed E-state index contributed by atoms with van der Waals surface area (Å²) in [7, 11) is 3.20. The molecule has 1 heterocycles. The van der Waals surface area contributed by atoms with E-state index in [0.29, 0.717) is 10.6 Å². The number of hydrogen-bond acceptors (Lipinski definition) is 4. The number of carbonyl (C=O) groups is 2. The Morgan fingerprint density at radius 1 is 1.23 bits per heavy atom. The first-order valence-corrected chi connectivity index (χ1v) is 7.62. The summed E-state index contributed by atoms with van der Waals surface area (Å²) in [6.07, 6.45) is 0. The Morgan fingerprint density at radius 2 is 1.91 bits per heavy atom. The summed E-state index contributed by atoms with van der Waals surface area (Å²) in [5.41, 5.74) is 1.59. The quantitative estimate of drug-likeness (QED) is 0.922. The second-order valence-corrected chi connectivity index (χ2v) is 5.79. The van der Waals surface area contributed by atoms with Crippen LogP contribution in [0.3, 0.4) is 0 Å². The number of benzene rings is 1. The van der Waals surface area contributed by atoms with Gasteiger partial charge in [-0.2, -0.15) is 0 Å². The molecule has 1 N–H and O–H groups in total. The molecule has 2 aromatic rings. The van der Waals surface area contributed by atoms with Gasteiger partial charge in [0.2, 0.25) is 5.91 Å². The van der Waals surface area contributed by atoms with Gasteiger partial charge in [-0.15, -0.1) is 11.3 Å². The summed E-state index contributed by atoms with van der Waals surface area (Å²) in [5.74, 6) is 0.339. The molecule has 0 aliphatic carbocycles. The highest BCUT2D eigenvalue weighted by molar-refractivity contribution is 7.12. The van der Waals surface area contributed by atoms with Crippen molar-refractivity contribution in [2.45, 2.75) is 6.92 Å². The van der Waals surface area contributed by atoms with Crippen LogP contribution in [0.25, 0.3) is 0 Å². The number of nitrogens with one attached hydrogen (secondary N) is 1. The van der Waals surface area contributed by atoms with Crippen molar-refractivity contribution in [2.24, 2.45) is 0 Å². The fourth-order valence-electron chi connectivity index (χ4n) is 1.93. The maximum atomic E-state index is 12.2. The van der Waals surface area contributed by atoms with Crippen LogP contribution in [0.4, 0.5) is 5.69 Å². The van der Waals surface area contributed by atoms with Crippen molar-refractivity contribution in [2.75, 3.05) is 26.0 Å². The molecule has 1 aromatic heterocycles. The predicted octanol–water partition coefficient (Wildman–Crippen LogP) is 2.78. The van der Waals surface area contributed by atoms with Crippen LogP contribution in [0.5, 0.6) is 5.75 Å². The number of ether oxygens (including phenoxy) is 1. The van der Waals surface area contributed by atoms with Gasteiger partial charge >= 0.3 is 0 Å². The van der Waals surface area contributed by atoms with Crippen molar-refractivity contribution in [3.63, 3.8) is 0 Å². The molecule has 22 heavy (non-hydrogen) atoms. The molecule has 6 heteroatoms. The van der Waals surface area contributed by atoms with Crippen LogP contribution >= 0.6 is 11.3 Å². The zero-order chi connectivity index (χ0) is 16.1. The minimum absolute atomic E-state index is 0.00219. The monoisotopic (exact) mass is 318 g/mol. The van der Waals surface area contributed by atoms with Gasteiger partial charge in [0.15, 0.2) is 0 Å². The van der Waals surface area contributed by atoms with E-state index < -0.39 is 0 Å². The van der Waals surface area contributed by atoms with Crippen LogP contribution in [0, 0.1) is 6.92 Å². The largest absolute Gasteiger partial charge is 0.497 e. The molecule has 0 atom stereocenters. The smallest absolute Gasteiger partial charge is 0.264 e. The highest BCUT2D eigenvalue weighted by atomic mass is 32.1. The van der Waals surface area contributed by atoms with E-state index in [2.05, 4.69) is 5.32 Å². The predicted molar refractivity (Wildman–Crippen MR) is 87.6 cm³/mol. The fourth-order valence-corrected chi connectivity index (χ4v) is 2.85. The Hall–Kier alpha value is -2.34. The Labute approximate surface area is 133 Å². The number of hydrogen-bond donors (Lipinski definition) is 1. The van der Waals surface area contributed by atoms with Gasteiger partial charge in [0.25, 0.3) is 5.91 Å². The SMILES string of the molecule is COc1ccc(NC(=O)CN(C)C(=O)c2sccc2C)cc1. The Bertz CT molecular complexity index is 664. The molecule has 0 saturated carbocycles. The van der Waals surface area contributed by atoms with Gasteiger partial charge in [-0.05, 0) is 48.2 Å². The van der Waals surface area contributed by atoms with E-state index >= 15 is 0 Å². The maximum absolute atomic E-state index is 12.2. The molecular formula is C16H18N2O3S. The molecule has 0 aliphatic heterocycles. The van der Waals surface area contributed by atoms with Gasteiger partial charge in [0.05, 0.1) is 18.5 Å². The number of nitrogens with zero attached hydrogens (tertiary/aromatic N) is 1. The zero-order valence-electron chi connectivity index (χ0n) is 12.8. The van der Waals surface area contributed by atoms with Crippen molar-refractivity contribution in [1.29, 1.82) is 0 Å². The Balaban J connectivity index is 1.93. The highest BCUT2D eigenvalue weighted by Crippen LogP contribution is 2.18. The molecule has 0 unspecified atom stereocenters. The van der Waals surface area contributed by atoms with Crippen molar-refractivity contribution in [1.82, 2.24) is 4.90 Å². The summed E-state index contributed by atoms with van der Waals surface area (Å²) < 4.78 is 5.06. The molecule has 0 aliphatic rings. The fraction of sp³-hybridized carbons (Fsp3) is 0.250. The first kappa shape index (κ1) is 16.0. The number of anilines is 1. The van der Waals surface area contributed by atoms with Crippen LogP contribution in [0.1, 0.15) is 15.2 Å². The Morgan fingerprint density at radius 3 is 2.45 bits per heavy atom. The van der Waals surface area contributed by atoms with Gasteiger partial charge in [-0.1, -0.05) is 0 Å². The lowest BCUT2D eigenvalue weighted by atomic mass is 10.2. The van der Waals surface area contributed by atoms with Gasteiger partial charge < -0.3 is 15.0 Å². The molecule has 0 bridgehead atoms. The topological polar surface area (TPSA) is 58.6 Å². The summed E-state index contributed by atoms with van der Waals surface area (Å²) in [6.45, 7) is 1.89. The molecule has 116 valence electrons. The number of aryl methyl sites for hydroxylation is 1. The number of thiophene rings is 1. The van der Waals surface area contributed by atoms with Gasteiger partial charge in [0, 0.05) is 12.7 Å². The van der Waals surface area contributed by atoms with Crippen LogP contribution in [-0.4, -0.2) is 37.4 Å². The lowest BCUT2D eigenvalue weighted by Crippen LogP contribution is -2.34. The maximum Gasteiger partial charge on any atom is 0.264 e. The van der Waals surface area contributed by atoms with E-state index in [1.54, 1.807) is 38.4 Å². The first-order valence-electron chi connectivity index (χ1n) is 6.74. The van der Waals surface area contributed by atoms with Crippen LogP contribution in [0.2, 0.25) is 0 Å². The number of likely N-dealkylation sites (N-methyl/N-ethyl adjacent to an activating group) is 1. The lowest BCUT2D eigenvalue weighted by molar-refractivity contribution is -0.116. The lowest BCUT2D eigenvalue weighted by Gasteiger charge is -2.16. The van der Waals surface area contributed by atoms with E-state index in [1.807, 2.05) is 18.4 Å². The first-order chi connectivity index (χ1) is 10.5. The third-order valence-electron chi connectivity index (χ3n) is 3.16. The van der Waals surface area contributed by atoms with Crippen molar-refractivity contribution >= 4 is 28.8 Å². The summed E-state index contributed by atoms with van der Waals surface area (Å²) in [5, 5.41) is 4.62. The molecular weight excluding hydrogens is 300 g/mol. The van der Waals surface area contributed by atoms with Crippen LogP contribution in [-0.2, 0) is 4.79 Å². The molecule has 0 radical (unpaired) electrons. The van der Waals surface area contributed by atoms with Crippen molar-refractivity contribution in [3.05, 3.63) is 46.2 Å². The average Bonchev–Trinajstić information content (AvgIpc) is 2.93. The van der Waals surface area contributed by atoms with E-state index in [4.69, 9.17) is 4.74 Å². The molecule has 0 spiro atoms. The van der Waals surface area contributed by atoms with Crippen LogP contribution < -0.4 is 10.1 Å². The van der Waals surface area contributed by atoms with E-state index in [1.165, 1.54) is 16.2 Å². The zero-order valence-corrected chi connectivity index (χ0v) is 13.6. The molecule has 2 amide bonds. The second-order valence-electron chi connectivity index (χ2n) is 4.87. The number of amides is 2. The summed E-state index contributed by atoms with van der Waals surface area (Å²) >= 11 is 1.38. The van der Waals surface area contributed by atoms with Crippen LogP contribution in [0.15, 0.2) is 35.7 Å². The third kappa shape index (κ3) is 3.85. The van der Waals surface area contributed by atoms with Gasteiger partial charge in [-0.25, -0.2) is 0 Å². The van der Waals surface area contributed by atoms with Gasteiger partial charge in [0.1, 0.15) is 5.75 Å². The molecule has 1 aromatic carbocycles. The summed E-state index contributed by atoms with van der Waals surface area (Å²) in [6, 6.07) is 8.92. The molecule has 0 fully saturated rings. The van der Waals surface area contributed by atoms with Gasteiger partial charge in [-0.3, -0.25) is 9.59 Å². The van der Waals surface area contributed by atoms with Crippen molar-refractivity contribution in [3.8, 4) is 5.75 Å². The number of rotatable bonds is 5. The molecule has 2 rings (SSSR count). The summed E-state index contributed by atoms with van der Waals surface area (Å²) in [4.78, 5) is 26.3. The van der Waals surface area contributed by atoms with E-state index in [-0.39, 0.29) is 18.4 Å². The third-order valence-corrected chi connectivity index (χ3v) is 4.16.